The van der Waals surface area contributed by atoms with Gasteiger partial charge in [0.25, 0.3) is 0 Å². The summed E-state index contributed by atoms with van der Waals surface area (Å²) in [6, 6.07) is 22.8. The van der Waals surface area contributed by atoms with Gasteiger partial charge in [-0.1, -0.05) is 36.4 Å². The summed E-state index contributed by atoms with van der Waals surface area (Å²) in [5, 5.41) is 19.9. The minimum atomic E-state index is -0.331. The van der Waals surface area contributed by atoms with Crippen LogP contribution < -0.4 is 0 Å². The number of para-hydroxylation sites is 2. The van der Waals surface area contributed by atoms with E-state index in [0.29, 0.717) is 11.4 Å². The van der Waals surface area contributed by atoms with Gasteiger partial charge in [-0.25, -0.2) is 4.39 Å². The molecular weight excluding hydrogens is 317 g/mol. The number of fused-ring (bicyclic) bond motifs is 1. The molecule has 0 fully saturated rings. The van der Waals surface area contributed by atoms with Crippen LogP contribution in [0.1, 0.15) is 0 Å². The number of aromatic nitrogens is 1. The van der Waals surface area contributed by atoms with Crippen LogP contribution in [-0.4, -0.2) is 9.67 Å². The van der Waals surface area contributed by atoms with Crippen LogP contribution in [0.2, 0.25) is 0 Å². The van der Waals surface area contributed by atoms with Gasteiger partial charge in [-0.05, 0) is 42.5 Å². The first-order valence-corrected chi connectivity index (χ1v) is 7.79. The van der Waals surface area contributed by atoms with Gasteiger partial charge in [0, 0.05) is 11.1 Å². The molecule has 0 amide bonds. The molecule has 5 heteroatoms. The largest absolute Gasteiger partial charge is 0.493 e. The summed E-state index contributed by atoms with van der Waals surface area (Å²) in [5.41, 5.74) is 2.56. The van der Waals surface area contributed by atoms with Crippen molar-refractivity contribution in [2.75, 3.05) is 0 Å². The quantitative estimate of drug-likeness (QED) is 0.467. The highest BCUT2D eigenvalue weighted by Gasteiger charge is 2.17. The topological polar surface area (TPSA) is 49.9 Å². The molecule has 25 heavy (non-hydrogen) atoms. The fourth-order valence-electron chi connectivity index (χ4n) is 2.76. The smallest absolute Gasteiger partial charge is 0.225 e. The van der Waals surface area contributed by atoms with E-state index in [1.165, 1.54) is 24.3 Å². The minimum Gasteiger partial charge on any atom is -0.493 e. The summed E-state index contributed by atoms with van der Waals surface area (Å²) in [6.45, 7) is 0. The van der Waals surface area contributed by atoms with Gasteiger partial charge in [0.05, 0.1) is 11.2 Å². The Balaban J connectivity index is 1.87. The lowest BCUT2D eigenvalue weighted by molar-refractivity contribution is 0.446. The van der Waals surface area contributed by atoms with Gasteiger partial charge in [0.1, 0.15) is 5.82 Å². The molecule has 3 aromatic carbocycles. The van der Waals surface area contributed by atoms with Crippen LogP contribution in [0, 0.1) is 5.82 Å². The first kappa shape index (κ1) is 15.1. The number of aromatic hydroxyl groups is 1. The summed E-state index contributed by atoms with van der Waals surface area (Å²) in [6.07, 6.45) is 0. The zero-order valence-electron chi connectivity index (χ0n) is 13.2. The number of hydrogen-bond donors (Lipinski definition) is 1. The lowest BCUT2D eigenvalue weighted by Crippen LogP contribution is -1.91. The van der Waals surface area contributed by atoms with Crippen LogP contribution in [0.25, 0.3) is 16.6 Å². The summed E-state index contributed by atoms with van der Waals surface area (Å²) in [4.78, 5) is 0. The standard InChI is InChI=1S/C20H14FN3O/c21-14-10-12-15(13-11-14)22-23-19-17-8-4-5-9-18(17)24(20(19)25)16-6-2-1-3-7-16/h1-13,25H. The Bertz CT molecular complexity index is 1050. The SMILES string of the molecule is Oc1c(N=Nc2ccc(F)cc2)c2ccccc2n1-c1ccccc1. The Labute approximate surface area is 143 Å². The van der Waals surface area contributed by atoms with Gasteiger partial charge in [-0.3, -0.25) is 4.57 Å². The first-order chi connectivity index (χ1) is 12.2. The second-order valence-corrected chi connectivity index (χ2v) is 5.54. The molecule has 4 rings (SSSR count). The summed E-state index contributed by atoms with van der Waals surface area (Å²) in [7, 11) is 0. The Morgan fingerprint density at radius 2 is 1.44 bits per heavy atom. The van der Waals surface area contributed by atoms with Crippen molar-refractivity contribution in [3.05, 3.63) is 84.7 Å². The third-order valence-electron chi connectivity index (χ3n) is 3.93. The zero-order chi connectivity index (χ0) is 17.2. The van der Waals surface area contributed by atoms with E-state index >= 15 is 0 Å². The number of benzene rings is 3. The van der Waals surface area contributed by atoms with Gasteiger partial charge in [0.2, 0.25) is 5.88 Å². The third-order valence-corrected chi connectivity index (χ3v) is 3.93. The van der Waals surface area contributed by atoms with Gasteiger partial charge < -0.3 is 5.11 Å². The number of rotatable bonds is 3. The Hall–Kier alpha value is -3.47. The molecule has 1 heterocycles. The van der Waals surface area contributed by atoms with E-state index < -0.39 is 0 Å². The Morgan fingerprint density at radius 1 is 0.760 bits per heavy atom. The molecule has 0 saturated heterocycles. The molecule has 0 saturated carbocycles. The van der Waals surface area contributed by atoms with Gasteiger partial charge >= 0.3 is 0 Å². The van der Waals surface area contributed by atoms with Crippen LogP contribution in [0.4, 0.5) is 15.8 Å². The fourth-order valence-corrected chi connectivity index (χ4v) is 2.76. The Kier molecular flexibility index (Phi) is 3.74. The van der Waals surface area contributed by atoms with Crippen molar-refractivity contribution in [2.45, 2.75) is 0 Å². The minimum absolute atomic E-state index is 0.0123. The molecule has 1 N–H and O–H groups in total. The van der Waals surface area contributed by atoms with Crippen molar-refractivity contribution in [3.63, 3.8) is 0 Å². The molecule has 0 aliphatic carbocycles. The lowest BCUT2D eigenvalue weighted by atomic mass is 10.2. The maximum atomic E-state index is 13.0. The monoisotopic (exact) mass is 331 g/mol. The third kappa shape index (κ3) is 2.76. The van der Waals surface area contributed by atoms with Crippen LogP contribution in [0.5, 0.6) is 5.88 Å². The number of halogens is 1. The van der Waals surface area contributed by atoms with Crippen molar-refractivity contribution in [3.8, 4) is 11.6 Å². The van der Waals surface area contributed by atoms with E-state index in [2.05, 4.69) is 10.2 Å². The van der Waals surface area contributed by atoms with Gasteiger partial charge in [-0.15, -0.1) is 5.11 Å². The molecule has 0 atom stereocenters. The van der Waals surface area contributed by atoms with Crippen molar-refractivity contribution < 1.29 is 9.50 Å². The van der Waals surface area contributed by atoms with E-state index in [-0.39, 0.29) is 11.7 Å². The predicted octanol–water partition coefficient (Wildman–Crippen LogP) is 5.89. The highest BCUT2D eigenvalue weighted by atomic mass is 19.1. The molecule has 0 spiro atoms. The summed E-state index contributed by atoms with van der Waals surface area (Å²) >= 11 is 0. The van der Waals surface area contributed by atoms with Crippen molar-refractivity contribution in [2.24, 2.45) is 10.2 Å². The van der Waals surface area contributed by atoms with Crippen LogP contribution >= 0.6 is 0 Å². The predicted molar refractivity (Wildman–Crippen MR) is 95.5 cm³/mol. The molecule has 0 unspecified atom stereocenters. The molecule has 4 nitrogen and oxygen atoms in total. The van der Waals surface area contributed by atoms with Crippen molar-refractivity contribution >= 4 is 22.3 Å². The average molecular weight is 331 g/mol. The molecular formula is C20H14FN3O. The van der Waals surface area contributed by atoms with E-state index in [1.54, 1.807) is 4.57 Å². The van der Waals surface area contributed by atoms with Gasteiger partial charge in [0.15, 0.2) is 5.69 Å². The summed E-state index contributed by atoms with van der Waals surface area (Å²) in [5.74, 6) is -0.319. The highest BCUT2D eigenvalue weighted by Crippen LogP contribution is 2.41. The van der Waals surface area contributed by atoms with Gasteiger partial charge in [-0.2, -0.15) is 5.11 Å². The normalized spacial score (nSPS) is 11.4. The molecule has 1 aromatic heterocycles. The maximum absolute atomic E-state index is 13.0. The molecule has 0 radical (unpaired) electrons. The first-order valence-electron chi connectivity index (χ1n) is 7.79. The molecule has 0 aliphatic heterocycles. The summed E-state index contributed by atoms with van der Waals surface area (Å²) < 4.78 is 14.7. The fraction of sp³-hybridized carbons (Fsp3) is 0. The molecule has 122 valence electrons. The number of nitrogens with zero attached hydrogens (tertiary/aromatic N) is 3. The molecule has 4 aromatic rings. The van der Waals surface area contributed by atoms with E-state index in [9.17, 15) is 9.50 Å². The molecule has 0 bridgehead atoms. The second-order valence-electron chi connectivity index (χ2n) is 5.54. The van der Waals surface area contributed by atoms with Crippen LogP contribution in [-0.2, 0) is 0 Å². The Morgan fingerprint density at radius 3 is 2.20 bits per heavy atom. The van der Waals surface area contributed by atoms with Crippen LogP contribution in [0.3, 0.4) is 0 Å². The zero-order valence-corrected chi connectivity index (χ0v) is 13.2. The van der Waals surface area contributed by atoms with E-state index in [0.717, 1.165) is 16.6 Å². The number of azo groups is 1. The van der Waals surface area contributed by atoms with E-state index in [1.807, 2.05) is 54.6 Å². The lowest BCUT2D eigenvalue weighted by Gasteiger charge is -2.06. The van der Waals surface area contributed by atoms with Crippen molar-refractivity contribution in [1.29, 1.82) is 0 Å². The van der Waals surface area contributed by atoms with Crippen LogP contribution in [0.15, 0.2) is 89.1 Å². The number of hydrogen-bond acceptors (Lipinski definition) is 3. The van der Waals surface area contributed by atoms with E-state index in [4.69, 9.17) is 0 Å². The maximum Gasteiger partial charge on any atom is 0.225 e. The van der Waals surface area contributed by atoms with Crippen molar-refractivity contribution in [1.82, 2.24) is 4.57 Å². The molecule has 0 aliphatic rings. The second kappa shape index (κ2) is 6.20. The highest BCUT2D eigenvalue weighted by molar-refractivity contribution is 5.96. The average Bonchev–Trinajstić information content (AvgIpc) is 2.93.